The van der Waals surface area contributed by atoms with Crippen LogP contribution in [0, 0.1) is 11.6 Å². The van der Waals surface area contributed by atoms with Crippen LogP contribution in [0.25, 0.3) is 0 Å². The normalized spacial score (nSPS) is 10.3. The quantitative estimate of drug-likeness (QED) is 0.494. The van der Waals surface area contributed by atoms with E-state index in [-0.39, 0.29) is 19.0 Å². The monoisotopic (exact) mass is 439 g/mol. The lowest BCUT2D eigenvalue weighted by Gasteiger charge is -2.23. The van der Waals surface area contributed by atoms with E-state index in [0.29, 0.717) is 29.1 Å². The third kappa shape index (κ3) is 6.04. The van der Waals surface area contributed by atoms with Crippen molar-refractivity contribution in [2.45, 2.75) is 6.42 Å². The molecule has 8 heteroatoms. The van der Waals surface area contributed by atoms with Crippen molar-refractivity contribution >= 4 is 23.3 Å². The molecule has 0 spiro atoms. The second-order valence-electron chi connectivity index (χ2n) is 6.87. The highest BCUT2D eigenvalue weighted by Gasteiger charge is 2.18. The minimum atomic E-state index is -0.444. The number of urea groups is 1. The van der Waals surface area contributed by atoms with Gasteiger partial charge in [0, 0.05) is 24.3 Å². The summed E-state index contributed by atoms with van der Waals surface area (Å²) < 4.78 is 31.8. The molecule has 0 aromatic heterocycles. The Morgan fingerprint density at radius 1 is 0.906 bits per heavy atom. The van der Waals surface area contributed by atoms with Crippen LogP contribution in [0.5, 0.6) is 5.75 Å². The Morgan fingerprint density at radius 3 is 2.19 bits per heavy atom. The fraction of sp³-hybridized carbons (Fsp3) is 0.167. The van der Waals surface area contributed by atoms with E-state index in [2.05, 4.69) is 10.6 Å². The highest BCUT2D eigenvalue weighted by atomic mass is 19.1. The summed E-state index contributed by atoms with van der Waals surface area (Å²) in [6.45, 7) is 0.548. The topological polar surface area (TPSA) is 70.7 Å². The summed E-state index contributed by atoms with van der Waals surface area (Å²) in [5.41, 5.74) is 1.34. The fourth-order valence-corrected chi connectivity index (χ4v) is 3.07. The number of carbonyl (C=O) groups is 2. The van der Waals surface area contributed by atoms with Crippen LogP contribution in [0.2, 0.25) is 0 Å². The van der Waals surface area contributed by atoms with Crippen molar-refractivity contribution in [2.24, 2.45) is 0 Å². The van der Waals surface area contributed by atoms with E-state index >= 15 is 0 Å². The van der Waals surface area contributed by atoms with Gasteiger partial charge in [-0.15, -0.1) is 0 Å². The van der Waals surface area contributed by atoms with Gasteiger partial charge in [-0.25, -0.2) is 13.6 Å². The van der Waals surface area contributed by atoms with E-state index in [1.54, 1.807) is 24.3 Å². The average Bonchev–Trinajstić information content (AvgIpc) is 2.80. The number of methoxy groups -OCH3 is 1. The van der Waals surface area contributed by atoms with E-state index in [9.17, 15) is 18.4 Å². The number of nitrogens with one attached hydrogen (secondary N) is 2. The molecule has 6 nitrogen and oxygen atoms in total. The zero-order valence-corrected chi connectivity index (χ0v) is 17.5. The van der Waals surface area contributed by atoms with Gasteiger partial charge in [-0.2, -0.15) is 0 Å². The minimum absolute atomic E-state index is 0.261. The summed E-state index contributed by atoms with van der Waals surface area (Å²) in [4.78, 5) is 26.6. The minimum Gasteiger partial charge on any atom is -0.495 e. The smallest absolute Gasteiger partial charge is 0.319 e. The lowest BCUT2D eigenvalue weighted by Crippen LogP contribution is -2.35. The van der Waals surface area contributed by atoms with Crippen molar-refractivity contribution in [3.05, 3.63) is 90.0 Å². The summed E-state index contributed by atoms with van der Waals surface area (Å²) in [5, 5.41) is 5.44. The molecule has 166 valence electrons. The van der Waals surface area contributed by atoms with Crippen molar-refractivity contribution in [3.8, 4) is 5.75 Å². The maximum absolute atomic E-state index is 13.3. The number of ether oxygens (including phenoxy) is 1. The van der Waals surface area contributed by atoms with Crippen LogP contribution < -0.4 is 20.3 Å². The second kappa shape index (κ2) is 10.9. The first-order chi connectivity index (χ1) is 15.5. The van der Waals surface area contributed by atoms with Crippen molar-refractivity contribution < 1.29 is 23.1 Å². The van der Waals surface area contributed by atoms with Gasteiger partial charge >= 0.3 is 6.03 Å². The van der Waals surface area contributed by atoms with Crippen molar-refractivity contribution in [3.63, 3.8) is 0 Å². The van der Waals surface area contributed by atoms with Crippen LogP contribution in [0.3, 0.4) is 0 Å². The van der Waals surface area contributed by atoms with Crippen LogP contribution in [0.4, 0.5) is 25.0 Å². The Labute approximate surface area is 184 Å². The zero-order valence-electron chi connectivity index (χ0n) is 17.5. The second-order valence-corrected chi connectivity index (χ2v) is 6.87. The predicted octanol–water partition coefficient (Wildman–Crippen LogP) is 4.83. The lowest BCUT2D eigenvalue weighted by atomic mass is 10.1. The van der Waals surface area contributed by atoms with Gasteiger partial charge in [-0.05, 0) is 67.1 Å². The van der Waals surface area contributed by atoms with Crippen LogP contribution in [0.15, 0.2) is 72.8 Å². The predicted molar refractivity (Wildman–Crippen MR) is 119 cm³/mol. The lowest BCUT2D eigenvalue weighted by molar-refractivity contribution is 0.0986. The van der Waals surface area contributed by atoms with Gasteiger partial charge in [0.25, 0.3) is 5.91 Å². The highest BCUT2D eigenvalue weighted by Crippen LogP contribution is 2.23. The van der Waals surface area contributed by atoms with Gasteiger partial charge in [-0.3, -0.25) is 4.79 Å². The molecular weight excluding hydrogens is 416 g/mol. The summed E-state index contributed by atoms with van der Waals surface area (Å²) >= 11 is 0. The molecule has 0 saturated carbocycles. The molecule has 3 aromatic carbocycles. The number of rotatable bonds is 8. The Hall–Kier alpha value is -3.94. The molecule has 3 aromatic rings. The van der Waals surface area contributed by atoms with Crippen LogP contribution >= 0.6 is 0 Å². The number of carbonyl (C=O) groups excluding carboxylic acids is 2. The van der Waals surface area contributed by atoms with Crippen LogP contribution in [-0.2, 0) is 0 Å². The first-order valence-corrected chi connectivity index (χ1v) is 9.99. The number of hydrogen-bond acceptors (Lipinski definition) is 3. The fourth-order valence-electron chi connectivity index (χ4n) is 3.07. The zero-order chi connectivity index (χ0) is 22.9. The number of halogens is 2. The molecule has 0 heterocycles. The van der Waals surface area contributed by atoms with E-state index in [0.717, 1.165) is 0 Å². The Morgan fingerprint density at radius 2 is 1.53 bits per heavy atom. The molecule has 0 radical (unpaired) electrons. The summed E-state index contributed by atoms with van der Waals surface area (Å²) in [6, 6.07) is 17.3. The van der Waals surface area contributed by atoms with Gasteiger partial charge in [0.1, 0.15) is 17.4 Å². The third-order valence-electron chi connectivity index (χ3n) is 4.67. The number of hydrogen-bond donors (Lipinski definition) is 2. The van der Waals surface area contributed by atoms with Gasteiger partial charge in [0.05, 0.1) is 12.8 Å². The standard InChI is InChI=1S/C24H23F2N3O3/c1-32-22-6-3-2-5-21(22)28-24(31)27-15-4-16-29(20-13-11-19(26)12-14-20)23(30)17-7-9-18(25)10-8-17/h2-3,5-14H,4,15-16H2,1H3,(H2,27,28,31). The third-order valence-corrected chi connectivity index (χ3v) is 4.67. The molecule has 2 N–H and O–H groups in total. The first kappa shape index (κ1) is 22.7. The number of nitrogens with zero attached hydrogens (tertiary/aromatic N) is 1. The van der Waals surface area contributed by atoms with Crippen LogP contribution in [-0.4, -0.2) is 32.1 Å². The highest BCUT2D eigenvalue weighted by molar-refractivity contribution is 6.06. The van der Waals surface area contributed by atoms with E-state index in [1.807, 2.05) is 0 Å². The van der Waals surface area contributed by atoms with Crippen molar-refractivity contribution in [2.75, 3.05) is 30.4 Å². The Bertz CT molecular complexity index is 1060. The number of amides is 3. The summed E-state index contributed by atoms with van der Waals surface area (Å²) in [7, 11) is 1.51. The molecule has 0 unspecified atom stereocenters. The molecule has 0 aliphatic carbocycles. The first-order valence-electron chi connectivity index (χ1n) is 9.99. The molecule has 0 aliphatic heterocycles. The molecule has 0 saturated heterocycles. The van der Waals surface area contributed by atoms with Gasteiger partial charge in [0.2, 0.25) is 0 Å². The maximum Gasteiger partial charge on any atom is 0.319 e. The molecule has 0 aliphatic rings. The van der Waals surface area contributed by atoms with Crippen molar-refractivity contribution in [1.29, 1.82) is 0 Å². The maximum atomic E-state index is 13.3. The Kier molecular flexibility index (Phi) is 7.75. The number of para-hydroxylation sites is 2. The molecule has 0 atom stereocenters. The molecule has 0 fully saturated rings. The number of anilines is 2. The molecular formula is C24H23F2N3O3. The van der Waals surface area contributed by atoms with Gasteiger partial charge < -0.3 is 20.3 Å². The molecule has 3 amide bonds. The van der Waals surface area contributed by atoms with E-state index < -0.39 is 17.7 Å². The van der Waals surface area contributed by atoms with Crippen LogP contribution in [0.1, 0.15) is 16.8 Å². The van der Waals surface area contributed by atoms with E-state index in [1.165, 1.54) is 60.5 Å². The molecule has 3 rings (SSSR count). The van der Waals surface area contributed by atoms with E-state index in [4.69, 9.17) is 4.74 Å². The average molecular weight is 439 g/mol. The number of benzene rings is 3. The largest absolute Gasteiger partial charge is 0.495 e. The van der Waals surface area contributed by atoms with Crippen molar-refractivity contribution in [1.82, 2.24) is 5.32 Å². The summed E-state index contributed by atoms with van der Waals surface area (Å²) in [5.74, 6) is -0.678. The molecule has 0 bridgehead atoms. The SMILES string of the molecule is COc1ccccc1NC(=O)NCCCN(C(=O)c1ccc(F)cc1)c1ccc(F)cc1. The van der Waals surface area contributed by atoms with Gasteiger partial charge in [-0.1, -0.05) is 12.1 Å². The van der Waals surface area contributed by atoms with Gasteiger partial charge in [0.15, 0.2) is 0 Å². The molecule has 32 heavy (non-hydrogen) atoms. The summed E-state index contributed by atoms with van der Waals surface area (Å²) in [6.07, 6.45) is 0.434. The Balaban J connectivity index is 1.61.